The predicted octanol–water partition coefficient (Wildman–Crippen LogP) is 4.03. The number of halogens is 2. The van der Waals surface area contributed by atoms with E-state index in [0.717, 1.165) is 30.5 Å². The van der Waals surface area contributed by atoms with Gasteiger partial charge in [0.15, 0.2) is 0 Å². The normalized spacial score (nSPS) is 20.0. The van der Waals surface area contributed by atoms with Gasteiger partial charge >= 0.3 is 0 Å². The second kappa shape index (κ2) is 7.31. The van der Waals surface area contributed by atoms with Gasteiger partial charge in [-0.2, -0.15) is 5.10 Å². The molecule has 1 aliphatic rings. The first-order chi connectivity index (χ1) is 12.1. The number of nitrogens with two attached hydrogens (primary N) is 1. The summed E-state index contributed by atoms with van der Waals surface area (Å²) in [5.74, 6) is -0.903. The largest absolute Gasteiger partial charge is 0.330 e. The van der Waals surface area contributed by atoms with E-state index in [9.17, 15) is 8.78 Å². The average Bonchev–Trinajstić information content (AvgIpc) is 3.02. The maximum atomic E-state index is 14.3. The van der Waals surface area contributed by atoms with E-state index < -0.39 is 11.6 Å². The van der Waals surface area contributed by atoms with Gasteiger partial charge in [0.05, 0.1) is 11.3 Å². The third-order valence-corrected chi connectivity index (χ3v) is 4.84. The quantitative estimate of drug-likeness (QED) is 0.860. The molecule has 1 heterocycles. The van der Waals surface area contributed by atoms with Crippen LogP contribution in [0.15, 0.2) is 53.6 Å². The van der Waals surface area contributed by atoms with Crippen molar-refractivity contribution in [3.63, 3.8) is 0 Å². The van der Waals surface area contributed by atoms with Gasteiger partial charge in [0.2, 0.25) is 0 Å². The summed E-state index contributed by atoms with van der Waals surface area (Å²) in [7, 11) is 0. The first-order valence-electron chi connectivity index (χ1n) is 8.67. The van der Waals surface area contributed by atoms with Crippen LogP contribution in [0.1, 0.15) is 37.3 Å². The van der Waals surface area contributed by atoms with Crippen LogP contribution in [0.2, 0.25) is 0 Å². The van der Waals surface area contributed by atoms with E-state index in [1.165, 1.54) is 6.07 Å². The summed E-state index contributed by atoms with van der Waals surface area (Å²) in [6.07, 6.45) is 2.18. The van der Waals surface area contributed by atoms with Crippen LogP contribution in [0, 0.1) is 11.6 Å². The summed E-state index contributed by atoms with van der Waals surface area (Å²) in [6.45, 7) is 3.28. The third-order valence-electron chi connectivity index (χ3n) is 4.84. The van der Waals surface area contributed by atoms with Gasteiger partial charge < -0.3 is 5.73 Å². The van der Waals surface area contributed by atoms with E-state index in [0.29, 0.717) is 25.2 Å². The lowest BCUT2D eigenvalue weighted by atomic mass is 9.80. The van der Waals surface area contributed by atoms with Gasteiger partial charge in [-0.25, -0.2) is 8.78 Å². The lowest BCUT2D eigenvalue weighted by Gasteiger charge is -2.38. The number of hydrogen-bond donors (Lipinski definition) is 1. The molecule has 3 nitrogen and oxygen atoms in total. The molecule has 1 atom stereocenters. The maximum Gasteiger partial charge on any atom is 0.132 e. The Morgan fingerprint density at radius 3 is 2.60 bits per heavy atom. The van der Waals surface area contributed by atoms with Crippen LogP contribution in [-0.4, -0.2) is 23.8 Å². The number of hydrazone groups is 1. The van der Waals surface area contributed by atoms with Crippen LogP contribution < -0.4 is 5.73 Å². The molecular formula is C20H23F2N3. The van der Waals surface area contributed by atoms with E-state index in [4.69, 9.17) is 5.73 Å². The number of benzene rings is 2. The Labute approximate surface area is 147 Å². The highest BCUT2D eigenvalue weighted by Gasteiger charge is 2.43. The standard InChI is InChI=1S/C20H23F2N3/c1-2-25-20(11-6-12-23,15-7-4-3-5-8-15)14-19(24-25)17-13-16(21)9-10-18(17)22/h3-5,7-10,13H,2,6,11-12,14,23H2,1H3/t20-/m0/s1. The van der Waals surface area contributed by atoms with Crippen LogP contribution in [0.25, 0.3) is 0 Å². The van der Waals surface area contributed by atoms with Crippen molar-refractivity contribution in [3.05, 3.63) is 71.3 Å². The second-order valence-corrected chi connectivity index (χ2v) is 6.35. The Morgan fingerprint density at radius 1 is 1.16 bits per heavy atom. The first-order valence-corrected chi connectivity index (χ1v) is 8.67. The SMILES string of the molecule is CCN1N=C(c2cc(F)ccc2F)C[C@@]1(CCCN)c1ccccc1. The minimum Gasteiger partial charge on any atom is -0.330 e. The molecule has 0 aliphatic carbocycles. The molecule has 0 fully saturated rings. The van der Waals surface area contributed by atoms with Gasteiger partial charge in [0, 0.05) is 18.5 Å². The second-order valence-electron chi connectivity index (χ2n) is 6.35. The Morgan fingerprint density at radius 2 is 1.92 bits per heavy atom. The Hall–Kier alpha value is -2.27. The van der Waals surface area contributed by atoms with Gasteiger partial charge in [-0.1, -0.05) is 30.3 Å². The molecule has 25 heavy (non-hydrogen) atoms. The van der Waals surface area contributed by atoms with Crippen molar-refractivity contribution < 1.29 is 8.78 Å². The molecule has 2 aromatic rings. The highest BCUT2D eigenvalue weighted by molar-refractivity contribution is 6.02. The summed E-state index contributed by atoms with van der Waals surface area (Å²) in [5, 5.41) is 6.66. The van der Waals surface area contributed by atoms with Crippen molar-refractivity contribution in [1.29, 1.82) is 0 Å². The van der Waals surface area contributed by atoms with E-state index in [2.05, 4.69) is 17.2 Å². The molecule has 2 aromatic carbocycles. The fourth-order valence-electron chi connectivity index (χ4n) is 3.64. The lowest BCUT2D eigenvalue weighted by Crippen LogP contribution is -2.40. The van der Waals surface area contributed by atoms with Crippen LogP contribution in [-0.2, 0) is 5.54 Å². The third kappa shape index (κ3) is 3.29. The van der Waals surface area contributed by atoms with Crippen LogP contribution in [0.5, 0.6) is 0 Å². The van der Waals surface area contributed by atoms with Gasteiger partial charge in [0.1, 0.15) is 11.6 Å². The number of hydrogen-bond acceptors (Lipinski definition) is 3. The minimum atomic E-state index is -0.457. The zero-order chi connectivity index (χ0) is 17.9. The monoisotopic (exact) mass is 343 g/mol. The van der Waals surface area contributed by atoms with Crippen molar-refractivity contribution in [2.24, 2.45) is 10.8 Å². The summed E-state index contributed by atoms with van der Waals surface area (Å²) in [4.78, 5) is 0. The molecule has 0 aromatic heterocycles. The van der Waals surface area contributed by atoms with Crippen molar-refractivity contribution >= 4 is 5.71 Å². The van der Waals surface area contributed by atoms with E-state index in [1.54, 1.807) is 0 Å². The van der Waals surface area contributed by atoms with Crippen LogP contribution in [0.3, 0.4) is 0 Å². The topological polar surface area (TPSA) is 41.6 Å². The first kappa shape index (κ1) is 17.5. The molecule has 5 heteroatoms. The minimum absolute atomic E-state index is 0.240. The van der Waals surface area contributed by atoms with Crippen LogP contribution >= 0.6 is 0 Å². The van der Waals surface area contributed by atoms with Gasteiger partial charge in [-0.3, -0.25) is 5.01 Å². The molecule has 0 amide bonds. The fraction of sp³-hybridized carbons (Fsp3) is 0.350. The Balaban J connectivity index is 2.04. The molecule has 0 saturated carbocycles. The smallest absolute Gasteiger partial charge is 0.132 e. The van der Waals surface area contributed by atoms with Crippen molar-refractivity contribution in [2.75, 3.05) is 13.1 Å². The molecule has 1 aliphatic heterocycles. The molecule has 0 saturated heterocycles. The molecule has 2 N–H and O–H groups in total. The van der Waals surface area contributed by atoms with Gasteiger partial charge in [-0.05, 0) is 50.1 Å². The summed E-state index contributed by atoms with van der Waals surface area (Å²) < 4.78 is 27.9. The Kier molecular flexibility index (Phi) is 5.13. The zero-order valence-electron chi connectivity index (χ0n) is 14.4. The fourth-order valence-corrected chi connectivity index (χ4v) is 3.64. The highest BCUT2D eigenvalue weighted by atomic mass is 19.1. The highest BCUT2D eigenvalue weighted by Crippen LogP contribution is 2.42. The summed E-state index contributed by atoms with van der Waals surface area (Å²) in [6, 6.07) is 13.6. The molecule has 0 spiro atoms. The van der Waals surface area contributed by atoms with E-state index >= 15 is 0 Å². The summed E-state index contributed by atoms with van der Waals surface area (Å²) >= 11 is 0. The van der Waals surface area contributed by atoms with Crippen molar-refractivity contribution in [3.8, 4) is 0 Å². The van der Waals surface area contributed by atoms with Gasteiger partial charge in [-0.15, -0.1) is 0 Å². The van der Waals surface area contributed by atoms with Crippen LogP contribution in [0.4, 0.5) is 8.78 Å². The van der Waals surface area contributed by atoms with Crippen molar-refractivity contribution in [2.45, 2.75) is 31.7 Å². The Bertz CT molecular complexity index is 761. The molecule has 3 rings (SSSR count). The lowest BCUT2D eigenvalue weighted by molar-refractivity contribution is 0.110. The predicted molar refractivity (Wildman–Crippen MR) is 96.3 cm³/mol. The molecule has 0 bridgehead atoms. The zero-order valence-corrected chi connectivity index (χ0v) is 14.4. The van der Waals surface area contributed by atoms with E-state index in [-0.39, 0.29) is 11.1 Å². The van der Waals surface area contributed by atoms with E-state index in [1.807, 2.05) is 30.1 Å². The average molecular weight is 343 g/mol. The molecule has 0 unspecified atom stereocenters. The number of nitrogens with zero attached hydrogens (tertiary/aromatic N) is 2. The molecule has 132 valence electrons. The van der Waals surface area contributed by atoms with Gasteiger partial charge in [0.25, 0.3) is 0 Å². The summed E-state index contributed by atoms with van der Waals surface area (Å²) in [5.41, 5.74) is 7.33. The maximum absolute atomic E-state index is 14.3. The molecular weight excluding hydrogens is 320 g/mol. The number of rotatable bonds is 6. The van der Waals surface area contributed by atoms with Crippen molar-refractivity contribution in [1.82, 2.24) is 5.01 Å². The molecule has 0 radical (unpaired) electrons.